The molecule has 0 unspecified atom stereocenters. The average Bonchev–Trinajstić information content (AvgIpc) is 2.78. The molecular weight excluding hydrogens is 324 g/mol. The molecule has 1 aliphatic heterocycles. The highest BCUT2D eigenvalue weighted by Crippen LogP contribution is 2.71. The van der Waals surface area contributed by atoms with Crippen LogP contribution < -0.4 is 0 Å². The molecular formula is C18H28O5Si. The van der Waals surface area contributed by atoms with E-state index >= 15 is 0 Å². The van der Waals surface area contributed by atoms with E-state index in [0.717, 1.165) is 0 Å². The summed E-state index contributed by atoms with van der Waals surface area (Å²) in [6.45, 7) is 17.2. The van der Waals surface area contributed by atoms with Crippen LogP contribution in [0.5, 0.6) is 0 Å². The molecule has 5 nitrogen and oxygen atoms in total. The number of hydrogen-bond acceptors (Lipinski definition) is 5. The van der Waals surface area contributed by atoms with Gasteiger partial charge < -0.3 is 13.9 Å². The molecule has 0 aromatic rings. The zero-order valence-electron chi connectivity index (χ0n) is 15.7. The second kappa shape index (κ2) is 4.73. The molecule has 24 heavy (non-hydrogen) atoms. The van der Waals surface area contributed by atoms with Crippen LogP contribution in [0.2, 0.25) is 18.1 Å². The van der Waals surface area contributed by atoms with E-state index in [4.69, 9.17) is 13.9 Å². The van der Waals surface area contributed by atoms with Crippen molar-refractivity contribution in [1.82, 2.24) is 0 Å². The van der Waals surface area contributed by atoms with E-state index in [0.29, 0.717) is 12.0 Å². The first-order valence-electron chi connectivity index (χ1n) is 8.52. The van der Waals surface area contributed by atoms with Crippen molar-refractivity contribution < 1.29 is 23.5 Å². The number of carbonyl (C=O) groups is 2. The number of rotatable bonds is 3. The smallest absolute Gasteiger partial charge is 0.328 e. The van der Waals surface area contributed by atoms with E-state index in [9.17, 15) is 9.59 Å². The van der Waals surface area contributed by atoms with Crippen molar-refractivity contribution >= 4 is 20.3 Å². The first-order chi connectivity index (χ1) is 10.8. The van der Waals surface area contributed by atoms with E-state index < -0.39 is 31.3 Å². The number of ether oxygens (including phenoxy) is 2. The van der Waals surface area contributed by atoms with Crippen LogP contribution in [-0.4, -0.2) is 39.1 Å². The molecule has 0 aromatic carbocycles. The van der Waals surface area contributed by atoms with Gasteiger partial charge in [0.2, 0.25) is 0 Å². The van der Waals surface area contributed by atoms with Crippen LogP contribution in [0.4, 0.5) is 0 Å². The number of hydrogen-bond donors (Lipinski definition) is 0. The second-order valence-corrected chi connectivity index (χ2v) is 13.9. The molecule has 0 N–H and O–H groups in total. The van der Waals surface area contributed by atoms with Gasteiger partial charge in [0.05, 0.1) is 12.7 Å². The summed E-state index contributed by atoms with van der Waals surface area (Å²) < 4.78 is 17.2. The maximum atomic E-state index is 12.4. The molecule has 0 spiro atoms. The zero-order valence-corrected chi connectivity index (χ0v) is 16.7. The third-order valence-corrected chi connectivity index (χ3v) is 11.4. The molecule has 0 bridgehead atoms. The van der Waals surface area contributed by atoms with Gasteiger partial charge >= 0.3 is 11.9 Å². The van der Waals surface area contributed by atoms with Gasteiger partial charge in [-0.2, -0.15) is 0 Å². The Balaban J connectivity index is 1.96. The Morgan fingerprint density at radius 3 is 2.46 bits per heavy atom. The highest BCUT2D eigenvalue weighted by Gasteiger charge is 2.82. The fourth-order valence-electron chi connectivity index (χ4n) is 4.69. The van der Waals surface area contributed by atoms with Gasteiger partial charge in [-0.05, 0) is 30.6 Å². The van der Waals surface area contributed by atoms with Crippen molar-refractivity contribution in [3.8, 4) is 0 Å². The summed E-state index contributed by atoms with van der Waals surface area (Å²) in [5, 5.41) is 0.0783. The standard InChI is InChI=1S/C18H28O5Si/c1-10-12-13-11(22-15(20)18(10,13)14(19)21-6)9-17(12,5)23-24(7,8)16(2,3)4/h11-13H,1,9H2,2-8H3/t11-,12-,13-,17-,18+/m1/s1. The maximum Gasteiger partial charge on any atom is 0.328 e. The fraction of sp³-hybridized carbons (Fsp3) is 0.778. The molecule has 0 radical (unpaired) electrons. The van der Waals surface area contributed by atoms with Gasteiger partial charge in [0.25, 0.3) is 0 Å². The molecule has 3 fully saturated rings. The van der Waals surface area contributed by atoms with Gasteiger partial charge in [-0.1, -0.05) is 27.4 Å². The molecule has 6 heteroatoms. The number of carbonyl (C=O) groups excluding carboxylic acids is 2. The SMILES string of the molecule is C=C1[C@@H]2[C@H]3[C@@H](C[C@@]2(C)O[Si](C)(C)C(C)(C)C)OC(=O)[C@@]13C(=O)OC. The van der Waals surface area contributed by atoms with Crippen LogP contribution in [-0.2, 0) is 23.5 Å². The van der Waals surface area contributed by atoms with E-state index in [2.05, 4.69) is 47.4 Å². The zero-order chi connectivity index (χ0) is 18.3. The normalized spacial score (nSPS) is 40.9. The minimum absolute atomic E-state index is 0.0397. The molecule has 0 amide bonds. The van der Waals surface area contributed by atoms with Crippen LogP contribution in [0.3, 0.4) is 0 Å². The lowest BCUT2D eigenvalue weighted by atomic mass is 9.50. The average molecular weight is 353 g/mol. The van der Waals surface area contributed by atoms with E-state index in [-0.39, 0.29) is 23.0 Å². The predicted molar refractivity (Wildman–Crippen MR) is 91.8 cm³/mol. The van der Waals surface area contributed by atoms with Crippen molar-refractivity contribution in [2.45, 2.75) is 64.0 Å². The summed E-state index contributed by atoms with van der Waals surface area (Å²) >= 11 is 0. The van der Waals surface area contributed by atoms with Crippen LogP contribution in [0.15, 0.2) is 12.2 Å². The first-order valence-corrected chi connectivity index (χ1v) is 11.4. The Hall–Kier alpha value is -1.14. The number of methoxy groups -OCH3 is 1. The number of esters is 2. The molecule has 1 heterocycles. The third kappa shape index (κ3) is 1.84. The summed E-state index contributed by atoms with van der Waals surface area (Å²) in [5.74, 6) is -1.29. The molecule has 134 valence electrons. The molecule has 2 saturated carbocycles. The van der Waals surface area contributed by atoms with Crippen molar-refractivity contribution in [3.63, 3.8) is 0 Å². The lowest BCUT2D eigenvalue weighted by molar-refractivity contribution is -0.170. The predicted octanol–water partition coefficient (Wildman–Crippen LogP) is 3.06. The van der Waals surface area contributed by atoms with Crippen LogP contribution in [0.25, 0.3) is 0 Å². The highest BCUT2D eigenvalue weighted by atomic mass is 28.4. The minimum atomic E-state index is -2.01. The van der Waals surface area contributed by atoms with E-state index in [1.54, 1.807) is 0 Å². The fourth-order valence-corrected chi connectivity index (χ4v) is 6.37. The molecule has 3 rings (SSSR count). The van der Waals surface area contributed by atoms with Crippen molar-refractivity contribution in [2.75, 3.05) is 7.11 Å². The van der Waals surface area contributed by atoms with Crippen molar-refractivity contribution in [3.05, 3.63) is 12.2 Å². The van der Waals surface area contributed by atoms with E-state index in [1.807, 2.05) is 0 Å². The van der Waals surface area contributed by atoms with Crippen LogP contribution >= 0.6 is 0 Å². The van der Waals surface area contributed by atoms with Crippen molar-refractivity contribution in [1.29, 1.82) is 0 Å². The quantitative estimate of drug-likeness (QED) is 0.338. The monoisotopic (exact) mass is 352 g/mol. The molecule has 0 aromatic heterocycles. The van der Waals surface area contributed by atoms with Crippen molar-refractivity contribution in [2.24, 2.45) is 17.3 Å². The molecule has 5 atom stereocenters. The maximum absolute atomic E-state index is 12.4. The Kier molecular flexibility index (Phi) is 3.48. The highest BCUT2D eigenvalue weighted by molar-refractivity contribution is 6.74. The lowest BCUT2D eigenvalue weighted by Gasteiger charge is -2.53. The van der Waals surface area contributed by atoms with Crippen LogP contribution in [0.1, 0.15) is 34.1 Å². The summed E-state index contributed by atoms with van der Waals surface area (Å²) in [5.41, 5.74) is -1.16. The Bertz CT molecular complexity index is 624. The molecule has 1 saturated heterocycles. The Morgan fingerprint density at radius 2 is 1.96 bits per heavy atom. The largest absolute Gasteiger partial charge is 0.468 e. The molecule has 3 aliphatic rings. The summed E-state index contributed by atoms with van der Waals surface area (Å²) in [6, 6.07) is 0. The first kappa shape index (κ1) is 17.7. The van der Waals surface area contributed by atoms with E-state index in [1.165, 1.54) is 7.11 Å². The van der Waals surface area contributed by atoms with Crippen LogP contribution in [0, 0.1) is 17.3 Å². The summed E-state index contributed by atoms with van der Waals surface area (Å²) in [4.78, 5) is 24.8. The minimum Gasteiger partial charge on any atom is -0.468 e. The second-order valence-electron chi connectivity index (χ2n) is 9.15. The van der Waals surface area contributed by atoms with Gasteiger partial charge in [0.1, 0.15) is 6.10 Å². The van der Waals surface area contributed by atoms with Gasteiger partial charge in [-0.15, -0.1) is 0 Å². The topological polar surface area (TPSA) is 61.8 Å². The van der Waals surface area contributed by atoms with Gasteiger partial charge in [-0.25, -0.2) is 0 Å². The Morgan fingerprint density at radius 1 is 1.38 bits per heavy atom. The summed E-state index contributed by atoms with van der Waals surface area (Å²) in [7, 11) is -0.707. The third-order valence-electron chi connectivity index (χ3n) is 6.79. The van der Waals surface area contributed by atoms with Gasteiger partial charge in [-0.3, -0.25) is 9.59 Å². The Labute approximate surface area is 144 Å². The summed E-state index contributed by atoms with van der Waals surface area (Å²) in [6.07, 6.45) is 0.320. The lowest BCUT2D eigenvalue weighted by Crippen LogP contribution is -2.62. The molecule has 2 aliphatic carbocycles. The van der Waals surface area contributed by atoms with Gasteiger partial charge in [0.15, 0.2) is 13.7 Å². The van der Waals surface area contributed by atoms with Gasteiger partial charge in [0, 0.05) is 18.3 Å².